The molecular weight excluding hydrogens is 266 g/mol. The summed E-state index contributed by atoms with van der Waals surface area (Å²) in [5, 5.41) is 9.50. The molecule has 0 saturated carbocycles. The Labute approximate surface area is 126 Å². The van der Waals surface area contributed by atoms with E-state index in [1.807, 2.05) is 31.2 Å². The highest BCUT2D eigenvalue weighted by molar-refractivity contribution is 5.81. The Morgan fingerprint density at radius 1 is 1.33 bits per heavy atom. The number of hydrogen-bond acceptors (Lipinski definition) is 3. The zero-order chi connectivity index (χ0) is 15.2. The molecule has 0 aromatic heterocycles. The van der Waals surface area contributed by atoms with Crippen LogP contribution in [0, 0.1) is 6.92 Å². The molecule has 1 saturated heterocycles. The Bertz CT molecular complexity index is 458. The lowest BCUT2D eigenvalue weighted by Gasteiger charge is -2.31. The molecule has 1 aliphatic rings. The van der Waals surface area contributed by atoms with E-state index >= 15 is 0 Å². The van der Waals surface area contributed by atoms with Gasteiger partial charge in [0.25, 0.3) is 5.91 Å². The van der Waals surface area contributed by atoms with E-state index in [9.17, 15) is 9.90 Å². The maximum absolute atomic E-state index is 12.6. The van der Waals surface area contributed by atoms with E-state index in [1.165, 1.54) is 0 Å². The minimum Gasteiger partial charge on any atom is -0.481 e. The van der Waals surface area contributed by atoms with Crippen molar-refractivity contribution < 1.29 is 14.6 Å². The summed E-state index contributed by atoms with van der Waals surface area (Å²) in [7, 11) is 0. The first-order valence-corrected chi connectivity index (χ1v) is 7.76. The Morgan fingerprint density at radius 3 is 2.71 bits per heavy atom. The number of aliphatic hydroxyl groups excluding tert-OH is 1. The van der Waals surface area contributed by atoms with E-state index in [1.54, 1.807) is 11.8 Å². The van der Waals surface area contributed by atoms with Crippen molar-refractivity contribution in [3.05, 3.63) is 29.8 Å². The summed E-state index contributed by atoms with van der Waals surface area (Å²) in [6, 6.07) is 7.63. The van der Waals surface area contributed by atoms with Crippen LogP contribution in [0.4, 0.5) is 0 Å². The second-order valence-electron chi connectivity index (χ2n) is 5.79. The second kappa shape index (κ2) is 7.46. The molecule has 4 nitrogen and oxygen atoms in total. The van der Waals surface area contributed by atoms with Crippen molar-refractivity contribution in [2.75, 3.05) is 13.2 Å². The van der Waals surface area contributed by atoms with Gasteiger partial charge in [0, 0.05) is 6.54 Å². The van der Waals surface area contributed by atoms with Gasteiger partial charge >= 0.3 is 0 Å². The Balaban J connectivity index is 2.01. The third-order valence-corrected chi connectivity index (χ3v) is 4.05. The number of amides is 1. The Hall–Kier alpha value is -1.55. The van der Waals surface area contributed by atoms with Gasteiger partial charge in [-0.25, -0.2) is 0 Å². The highest BCUT2D eigenvalue weighted by atomic mass is 16.5. The summed E-state index contributed by atoms with van der Waals surface area (Å²) < 4.78 is 5.75. The van der Waals surface area contributed by atoms with Crippen molar-refractivity contribution in [1.82, 2.24) is 4.90 Å². The van der Waals surface area contributed by atoms with Crippen LogP contribution in [0.15, 0.2) is 24.3 Å². The topological polar surface area (TPSA) is 49.8 Å². The molecule has 1 amide bonds. The first kappa shape index (κ1) is 15.8. The molecule has 0 aliphatic carbocycles. The average Bonchev–Trinajstić information content (AvgIpc) is 2.73. The Kier molecular flexibility index (Phi) is 5.62. The number of benzene rings is 1. The van der Waals surface area contributed by atoms with E-state index in [4.69, 9.17) is 4.74 Å². The highest BCUT2D eigenvalue weighted by Crippen LogP contribution is 2.19. The minimum atomic E-state index is -0.528. The third-order valence-electron chi connectivity index (χ3n) is 4.05. The standard InChI is InChI=1S/C17H25NO3/c1-13-7-9-16(10-8-13)21-14(2)17(20)18-11-5-3-4-6-15(18)12-19/h7-10,14-15,19H,3-6,11-12H2,1-2H3. The summed E-state index contributed by atoms with van der Waals surface area (Å²) in [5.74, 6) is 0.674. The van der Waals surface area contributed by atoms with Gasteiger partial charge in [-0.05, 0) is 38.8 Å². The number of aliphatic hydroxyl groups is 1. The van der Waals surface area contributed by atoms with E-state index in [0.717, 1.165) is 31.2 Å². The van der Waals surface area contributed by atoms with Gasteiger partial charge in [0.2, 0.25) is 0 Å². The van der Waals surface area contributed by atoms with Crippen LogP contribution in [0.5, 0.6) is 5.75 Å². The van der Waals surface area contributed by atoms with Crippen LogP contribution in [0.1, 0.15) is 38.2 Å². The van der Waals surface area contributed by atoms with Crippen LogP contribution in [0.25, 0.3) is 0 Å². The van der Waals surface area contributed by atoms with Crippen LogP contribution in [-0.4, -0.2) is 41.2 Å². The highest BCUT2D eigenvalue weighted by Gasteiger charge is 2.29. The zero-order valence-electron chi connectivity index (χ0n) is 12.9. The summed E-state index contributed by atoms with van der Waals surface area (Å²) >= 11 is 0. The summed E-state index contributed by atoms with van der Waals surface area (Å²) in [6.45, 7) is 4.54. The third kappa shape index (κ3) is 4.21. The molecule has 1 heterocycles. The molecule has 1 aliphatic heterocycles. The van der Waals surface area contributed by atoms with Crippen molar-refractivity contribution >= 4 is 5.91 Å². The molecular formula is C17H25NO3. The molecule has 2 rings (SSSR count). The maximum Gasteiger partial charge on any atom is 0.263 e. The van der Waals surface area contributed by atoms with Crippen LogP contribution in [0.2, 0.25) is 0 Å². The zero-order valence-corrected chi connectivity index (χ0v) is 12.9. The lowest BCUT2D eigenvalue weighted by Crippen LogP contribution is -2.47. The number of nitrogens with zero attached hydrogens (tertiary/aromatic N) is 1. The number of rotatable bonds is 4. The second-order valence-corrected chi connectivity index (χ2v) is 5.79. The predicted octanol–water partition coefficient (Wildman–Crippen LogP) is 2.53. The van der Waals surface area contributed by atoms with E-state index in [0.29, 0.717) is 12.3 Å². The first-order chi connectivity index (χ1) is 10.1. The van der Waals surface area contributed by atoms with Crippen molar-refractivity contribution in [2.24, 2.45) is 0 Å². The smallest absolute Gasteiger partial charge is 0.263 e. The van der Waals surface area contributed by atoms with Crippen LogP contribution >= 0.6 is 0 Å². The van der Waals surface area contributed by atoms with Gasteiger partial charge in [-0.3, -0.25) is 4.79 Å². The molecule has 0 radical (unpaired) electrons. The molecule has 1 N–H and O–H groups in total. The van der Waals surface area contributed by atoms with Gasteiger partial charge in [-0.1, -0.05) is 30.5 Å². The number of hydrogen-bond donors (Lipinski definition) is 1. The lowest BCUT2D eigenvalue weighted by atomic mass is 10.1. The lowest BCUT2D eigenvalue weighted by molar-refractivity contribution is -0.141. The quantitative estimate of drug-likeness (QED) is 0.927. The largest absolute Gasteiger partial charge is 0.481 e. The monoisotopic (exact) mass is 291 g/mol. The van der Waals surface area contributed by atoms with Crippen molar-refractivity contribution in [1.29, 1.82) is 0 Å². The van der Waals surface area contributed by atoms with Gasteiger partial charge in [0.1, 0.15) is 5.75 Å². The summed E-state index contributed by atoms with van der Waals surface area (Å²) in [5.41, 5.74) is 1.16. The Morgan fingerprint density at radius 2 is 2.05 bits per heavy atom. The van der Waals surface area contributed by atoms with Gasteiger partial charge in [0.15, 0.2) is 6.10 Å². The average molecular weight is 291 g/mol. The summed E-state index contributed by atoms with van der Waals surface area (Å²) in [6.07, 6.45) is 3.54. The van der Waals surface area contributed by atoms with Crippen LogP contribution < -0.4 is 4.74 Å². The number of ether oxygens (including phenoxy) is 1. The maximum atomic E-state index is 12.6. The molecule has 1 aromatic carbocycles. The van der Waals surface area contributed by atoms with Crippen LogP contribution in [-0.2, 0) is 4.79 Å². The molecule has 0 bridgehead atoms. The first-order valence-electron chi connectivity index (χ1n) is 7.76. The fourth-order valence-corrected chi connectivity index (χ4v) is 2.76. The molecule has 116 valence electrons. The molecule has 21 heavy (non-hydrogen) atoms. The number of carbonyl (C=O) groups is 1. The van der Waals surface area contributed by atoms with E-state index < -0.39 is 6.10 Å². The number of carbonyl (C=O) groups excluding carboxylic acids is 1. The van der Waals surface area contributed by atoms with Gasteiger partial charge < -0.3 is 14.7 Å². The molecule has 1 aromatic rings. The number of aryl methyl sites for hydroxylation is 1. The van der Waals surface area contributed by atoms with Gasteiger partial charge in [-0.2, -0.15) is 0 Å². The summed E-state index contributed by atoms with van der Waals surface area (Å²) in [4.78, 5) is 14.4. The van der Waals surface area contributed by atoms with Crippen molar-refractivity contribution in [3.63, 3.8) is 0 Å². The molecule has 1 fully saturated rings. The van der Waals surface area contributed by atoms with Crippen molar-refractivity contribution in [3.8, 4) is 5.75 Å². The van der Waals surface area contributed by atoms with Gasteiger partial charge in [-0.15, -0.1) is 0 Å². The molecule has 0 spiro atoms. The SMILES string of the molecule is Cc1ccc(OC(C)C(=O)N2CCCCCC2CO)cc1. The molecule has 4 heteroatoms. The fourth-order valence-electron chi connectivity index (χ4n) is 2.76. The van der Waals surface area contributed by atoms with Crippen molar-refractivity contribution in [2.45, 2.75) is 51.7 Å². The minimum absolute atomic E-state index is 0.0307. The van der Waals surface area contributed by atoms with Crippen LogP contribution in [0.3, 0.4) is 0 Å². The van der Waals surface area contributed by atoms with Gasteiger partial charge in [0.05, 0.1) is 12.6 Å². The number of likely N-dealkylation sites (tertiary alicyclic amines) is 1. The predicted molar refractivity (Wildman–Crippen MR) is 82.3 cm³/mol. The normalized spacial score (nSPS) is 20.7. The molecule has 2 atom stereocenters. The van der Waals surface area contributed by atoms with E-state index in [2.05, 4.69) is 0 Å². The van der Waals surface area contributed by atoms with E-state index in [-0.39, 0.29) is 18.6 Å². The molecule has 2 unspecified atom stereocenters. The fraction of sp³-hybridized carbons (Fsp3) is 0.588.